The van der Waals surface area contributed by atoms with E-state index < -0.39 is 11.9 Å². The van der Waals surface area contributed by atoms with Gasteiger partial charge < -0.3 is 15.2 Å². The zero-order valence-electron chi connectivity index (χ0n) is 16.9. The minimum Gasteiger partial charge on any atom is -0.368 e. The Morgan fingerprint density at radius 1 is 1.26 bits per heavy atom. The Hall–Kier alpha value is -2.11. The van der Waals surface area contributed by atoms with E-state index in [0.717, 1.165) is 48.3 Å². The summed E-state index contributed by atoms with van der Waals surface area (Å²) in [5.74, 6) is -0.413. The Labute approximate surface area is 161 Å². The highest BCUT2D eigenvalue weighted by atomic mass is 16.2. The van der Waals surface area contributed by atoms with E-state index in [-0.39, 0.29) is 23.5 Å². The van der Waals surface area contributed by atoms with Crippen LogP contribution in [0.3, 0.4) is 0 Å². The molecule has 27 heavy (non-hydrogen) atoms. The van der Waals surface area contributed by atoms with Crippen LogP contribution in [0.25, 0.3) is 0 Å². The summed E-state index contributed by atoms with van der Waals surface area (Å²) in [6.45, 7) is 9.78. The molecule has 0 unspecified atom stereocenters. The van der Waals surface area contributed by atoms with Gasteiger partial charge in [0.25, 0.3) is 0 Å². The second-order valence-corrected chi connectivity index (χ2v) is 8.80. The molecule has 3 rings (SSSR count). The van der Waals surface area contributed by atoms with Crippen LogP contribution in [0.2, 0.25) is 0 Å². The number of carbonyl (C=O) groups excluding carboxylic acids is 3. The summed E-state index contributed by atoms with van der Waals surface area (Å²) >= 11 is 0. The summed E-state index contributed by atoms with van der Waals surface area (Å²) in [4.78, 5) is 39.2. The number of aromatic nitrogens is 1. The van der Waals surface area contributed by atoms with E-state index in [4.69, 9.17) is 5.73 Å². The lowest BCUT2D eigenvalue weighted by atomic mass is 9.75. The molecule has 0 saturated carbocycles. The Balaban J connectivity index is 1.98. The largest absolute Gasteiger partial charge is 0.368 e. The summed E-state index contributed by atoms with van der Waals surface area (Å²) in [6.07, 6.45) is 3.91. The first-order valence-electron chi connectivity index (χ1n) is 9.99. The smallest absolute Gasteiger partial charge is 0.240 e. The van der Waals surface area contributed by atoms with Gasteiger partial charge >= 0.3 is 0 Å². The first kappa shape index (κ1) is 19.6. The third kappa shape index (κ3) is 3.54. The predicted octanol–water partition coefficient (Wildman–Crippen LogP) is 2.38. The van der Waals surface area contributed by atoms with Crippen molar-refractivity contribution < 1.29 is 14.4 Å². The van der Waals surface area contributed by atoms with Crippen molar-refractivity contribution in [2.75, 3.05) is 6.54 Å². The molecule has 6 nitrogen and oxygen atoms in total. The maximum atomic E-state index is 13.0. The number of hydrogen-bond acceptors (Lipinski definition) is 3. The van der Waals surface area contributed by atoms with Gasteiger partial charge in [-0.3, -0.25) is 14.4 Å². The minimum absolute atomic E-state index is 0.0618. The van der Waals surface area contributed by atoms with E-state index in [1.54, 1.807) is 4.90 Å². The van der Waals surface area contributed by atoms with Crippen LogP contribution in [0.15, 0.2) is 0 Å². The van der Waals surface area contributed by atoms with Gasteiger partial charge in [0.05, 0.1) is 6.42 Å². The Morgan fingerprint density at radius 2 is 1.96 bits per heavy atom. The van der Waals surface area contributed by atoms with E-state index in [2.05, 4.69) is 25.3 Å². The van der Waals surface area contributed by atoms with Gasteiger partial charge in [0.2, 0.25) is 11.8 Å². The Bertz CT molecular complexity index is 791. The zero-order chi connectivity index (χ0) is 19.9. The molecule has 0 bridgehead atoms. The van der Waals surface area contributed by atoms with Gasteiger partial charge in [-0.1, -0.05) is 20.8 Å². The van der Waals surface area contributed by atoms with Gasteiger partial charge in [-0.25, -0.2) is 0 Å². The van der Waals surface area contributed by atoms with Crippen molar-refractivity contribution >= 4 is 17.6 Å². The molecule has 2 amide bonds. The molecule has 1 aromatic rings. The fourth-order valence-corrected chi connectivity index (χ4v) is 4.76. The average Bonchev–Trinajstić information content (AvgIpc) is 3.14. The summed E-state index contributed by atoms with van der Waals surface area (Å²) in [6, 6.07) is -0.513. The SMILES string of the molecule is CCCn1c(C)c(CC(=O)N2CCC[C@H]2C(N)=O)c2c1CC(C)(C)CC2=O. The highest BCUT2D eigenvalue weighted by Gasteiger charge is 2.38. The van der Waals surface area contributed by atoms with Gasteiger partial charge in [0.15, 0.2) is 5.78 Å². The van der Waals surface area contributed by atoms with Crippen LogP contribution >= 0.6 is 0 Å². The number of rotatable bonds is 5. The maximum absolute atomic E-state index is 13.0. The van der Waals surface area contributed by atoms with Crippen molar-refractivity contribution in [2.24, 2.45) is 11.1 Å². The molecule has 1 aliphatic heterocycles. The van der Waals surface area contributed by atoms with Crippen molar-refractivity contribution in [2.45, 2.75) is 78.8 Å². The van der Waals surface area contributed by atoms with Crippen LogP contribution in [-0.4, -0.2) is 39.7 Å². The number of nitrogens with two attached hydrogens (primary N) is 1. The van der Waals surface area contributed by atoms with Crippen LogP contribution in [-0.2, 0) is 29.0 Å². The number of likely N-dealkylation sites (tertiary alicyclic amines) is 1. The summed E-state index contributed by atoms with van der Waals surface area (Å²) in [7, 11) is 0. The first-order valence-corrected chi connectivity index (χ1v) is 9.99. The second-order valence-electron chi connectivity index (χ2n) is 8.80. The molecule has 1 saturated heterocycles. The van der Waals surface area contributed by atoms with E-state index in [1.807, 2.05) is 6.92 Å². The highest BCUT2D eigenvalue weighted by molar-refractivity contribution is 6.02. The van der Waals surface area contributed by atoms with Crippen LogP contribution < -0.4 is 5.73 Å². The molecule has 6 heteroatoms. The quantitative estimate of drug-likeness (QED) is 0.860. The lowest BCUT2D eigenvalue weighted by molar-refractivity contribution is -0.136. The van der Waals surface area contributed by atoms with E-state index in [0.29, 0.717) is 19.4 Å². The molecule has 1 atom stereocenters. The number of fused-ring (bicyclic) bond motifs is 1. The number of primary amides is 1. The fourth-order valence-electron chi connectivity index (χ4n) is 4.76. The third-order valence-electron chi connectivity index (χ3n) is 6.00. The van der Waals surface area contributed by atoms with Crippen molar-refractivity contribution in [1.29, 1.82) is 0 Å². The minimum atomic E-state index is -0.513. The number of carbonyl (C=O) groups is 3. The van der Waals surface area contributed by atoms with E-state index >= 15 is 0 Å². The molecular weight excluding hydrogens is 342 g/mol. The van der Waals surface area contributed by atoms with Crippen LogP contribution in [0.5, 0.6) is 0 Å². The molecule has 0 aromatic carbocycles. The molecule has 1 aliphatic carbocycles. The molecule has 0 spiro atoms. The summed E-state index contributed by atoms with van der Waals surface area (Å²) < 4.78 is 2.23. The Kier molecular flexibility index (Phi) is 5.19. The van der Waals surface area contributed by atoms with Crippen molar-refractivity contribution in [3.8, 4) is 0 Å². The lowest BCUT2D eigenvalue weighted by Crippen LogP contribution is -2.44. The molecule has 2 N–H and O–H groups in total. The van der Waals surface area contributed by atoms with Crippen LogP contribution in [0.1, 0.15) is 73.8 Å². The maximum Gasteiger partial charge on any atom is 0.240 e. The number of Topliss-reactive ketones (excluding diaryl/α,β-unsaturated/α-hetero) is 1. The van der Waals surface area contributed by atoms with Gasteiger partial charge in [-0.15, -0.1) is 0 Å². The van der Waals surface area contributed by atoms with Gasteiger partial charge in [0, 0.05) is 36.5 Å². The van der Waals surface area contributed by atoms with E-state index in [1.165, 1.54) is 0 Å². The number of nitrogens with zero attached hydrogens (tertiary/aromatic N) is 2. The molecule has 0 radical (unpaired) electrons. The van der Waals surface area contributed by atoms with Crippen molar-refractivity contribution in [3.63, 3.8) is 0 Å². The number of ketones is 1. The van der Waals surface area contributed by atoms with Crippen LogP contribution in [0, 0.1) is 12.3 Å². The number of hydrogen-bond donors (Lipinski definition) is 1. The highest BCUT2D eigenvalue weighted by Crippen LogP contribution is 2.39. The van der Waals surface area contributed by atoms with Crippen molar-refractivity contribution in [1.82, 2.24) is 9.47 Å². The van der Waals surface area contributed by atoms with Gasteiger partial charge in [-0.2, -0.15) is 0 Å². The fraction of sp³-hybridized carbons (Fsp3) is 0.667. The van der Waals surface area contributed by atoms with Crippen LogP contribution in [0.4, 0.5) is 0 Å². The monoisotopic (exact) mass is 373 g/mol. The van der Waals surface area contributed by atoms with Gasteiger partial charge in [0.1, 0.15) is 6.04 Å². The molecular formula is C21H31N3O3. The zero-order valence-corrected chi connectivity index (χ0v) is 16.9. The predicted molar refractivity (Wildman–Crippen MR) is 104 cm³/mol. The molecule has 148 valence electrons. The first-order chi connectivity index (χ1) is 12.7. The topological polar surface area (TPSA) is 85.4 Å². The van der Waals surface area contributed by atoms with Crippen molar-refractivity contribution in [3.05, 3.63) is 22.5 Å². The summed E-state index contributed by atoms with van der Waals surface area (Å²) in [5, 5.41) is 0. The molecule has 1 fully saturated rings. The molecule has 2 heterocycles. The molecule has 2 aliphatic rings. The Morgan fingerprint density at radius 3 is 2.59 bits per heavy atom. The normalized spacial score (nSPS) is 21.4. The second kappa shape index (κ2) is 7.13. The van der Waals surface area contributed by atoms with Gasteiger partial charge in [-0.05, 0) is 43.6 Å². The average molecular weight is 373 g/mol. The van der Waals surface area contributed by atoms with E-state index in [9.17, 15) is 14.4 Å². The summed E-state index contributed by atoms with van der Waals surface area (Å²) in [5.41, 5.74) is 9.09. The molecule has 1 aromatic heterocycles. The lowest BCUT2D eigenvalue weighted by Gasteiger charge is -2.30. The third-order valence-corrected chi connectivity index (χ3v) is 6.00. The standard InChI is InChI=1S/C21H31N3O3/c1-5-8-23-13(2)14(19-16(23)11-21(3,4)12-17(19)25)10-18(26)24-9-6-7-15(24)20(22)27/h15H,5-12H2,1-4H3,(H2,22,27)/t15-/m0/s1. The number of amides is 2.